The normalized spacial score (nSPS) is 17.8. The number of nitrogens with zero attached hydrogens (tertiary/aromatic N) is 2. The third-order valence-corrected chi connectivity index (χ3v) is 9.88. The molecule has 2 aromatic rings. The van der Waals surface area contributed by atoms with Crippen molar-refractivity contribution in [1.82, 2.24) is 15.1 Å². The second-order valence-electron chi connectivity index (χ2n) is 12.9. The van der Waals surface area contributed by atoms with E-state index in [-0.39, 0.29) is 5.91 Å². The van der Waals surface area contributed by atoms with Crippen molar-refractivity contribution in [2.45, 2.75) is 96.6 Å². The quantitative estimate of drug-likeness (QED) is 0.213. The van der Waals surface area contributed by atoms with E-state index in [0.717, 1.165) is 89.8 Å². The molecule has 0 bridgehead atoms. The fourth-order valence-corrected chi connectivity index (χ4v) is 7.23. The summed E-state index contributed by atoms with van der Waals surface area (Å²) < 4.78 is 31.3. The fourth-order valence-electron chi connectivity index (χ4n) is 6.66. The number of rotatable bonds is 16. The molecule has 1 aliphatic heterocycles. The van der Waals surface area contributed by atoms with E-state index in [1.54, 1.807) is 24.3 Å². The Morgan fingerprint density at radius 2 is 1.48 bits per heavy atom. The van der Waals surface area contributed by atoms with Crippen LogP contribution in [0.15, 0.2) is 48.5 Å². The average Bonchev–Trinajstić information content (AvgIpc) is 3.02. The van der Waals surface area contributed by atoms with Gasteiger partial charge in [-0.3, -0.25) is 19.3 Å². The number of carbonyl (C=O) groups is 1. The number of hydrogen-bond acceptors (Lipinski definition) is 6. The predicted octanol–water partition coefficient (Wildman–Crippen LogP) is 6.78. The van der Waals surface area contributed by atoms with Crippen LogP contribution in [0.4, 0.5) is 5.69 Å². The van der Waals surface area contributed by atoms with E-state index in [1.165, 1.54) is 37.7 Å². The Hall–Kier alpha value is -2.62. The molecule has 1 amide bonds. The van der Waals surface area contributed by atoms with Gasteiger partial charge in [-0.15, -0.1) is 0 Å². The first-order valence-electron chi connectivity index (χ1n) is 16.8. The summed E-state index contributed by atoms with van der Waals surface area (Å²) in [4.78, 5) is 19.1. The van der Waals surface area contributed by atoms with Crippen LogP contribution in [0.5, 0.6) is 11.5 Å². The van der Waals surface area contributed by atoms with Crippen LogP contribution in [0.1, 0.15) is 90.0 Å². The van der Waals surface area contributed by atoms with Crippen molar-refractivity contribution in [3.8, 4) is 11.5 Å². The van der Waals surface area contributed by atoms with Crippen LogP contribution >= 0.6 is 0 Å². The Morgan fingerprint density at radius 1 is 0.909 bits per heavy atom. The van der Waals surface area contributed by atoms with Crippen LogP contribution < -0.4 is 14.8 Å². The minimum absolute atomic E-state index is 0.261. The van der Waals surface area contributed by atoms with Crippen molar-refractivity contribution in [3.63, 3.8) is 0 Å². The van der Waals surface area contributed by atoms with Crippen LogP contribution in [0, 0.1) is 5.92 Å². The molecule has 2 aromatic carbocycles. The van der Waals surface area contributed by atoms with Gasteiger partial charge in [-0.05, 0) is 99.5 Å². The van der Waals surface area contributed by atoms with Gasteiger partial charge in [0.1, 0.15) is 17.0 Å². The van der Waals surface area contributed by atoms with E-state index in [2.05, 4.69) is 45.8 Å². The maximum atomic E-state index is 14.0. The monoisotopic (exact) mass is 626 g/mol. The summed E-state index contributed by atoms with van der Waals surface area (Å²) in [6, 6.07) is 15.0. The van der Waals surface area contributed by atoms with Crippen LogP contribution in [0.25, 0.3) is 0 Å². The molecule has 2 aliphatic rings. The molecule has 0 aromatic heterocycles. The van der Waals surface area contributed by atoms with Crippen molar-refractivity contribution in [2.24, 2.45) is 5.92 Å². The molecule has 4 rings (SSSR count). The zero-order valence-electron chi connectivity index (χ0n) is 27.2. The van der Waals surface area contributed by atoms with Gasteiger partial charge in [0.05, 0.1) is 6.26 Å². The summed E-state index contributed by atoms with van der Waals surface area (Å²) in [6.45, 7) is 9.93. The highest BCUT2D eigenvalue weighted by molar-refractivity contribution is 7.92. The average molecular weight is 627 g/mol. The van der Waals surface area contributed by atoms with Crippen LogP contribution in [-0.2, 0) is 21.4 Å². The van der Waals surface area contributed by atoms with E-state index in [1.807, 2.05) is 12.1 Å². The number of piperidine rings is 1. The van der Waals surface area contributed by atoms with Gasteiger partial charge in [-0.1, -0.05) is 58.1 Å². The molecule has 9 heteroatoms. The lowest BCUT2D eigenvalue weighted by Gasteiger charge is -2.48. The zero-order valence-corrected chi connectivity index (χ0v) is 28.0. The van der Waals surface area contributed by atoms with Crippen molar-refractivity contribution in [3.05, 3.63) is 54.1 Å². The molecular weight excluding hydrogens is 572 g/mol. The number of amides is 1. The number of ether oxygens (including phenoxy) is 1. The summed E-state index contributed by atoms with van der Waals surface area (Å²) >= 11 is 0. The summed E-state index contributed by atoms with van der Waals surface area (Å²) in [5.74, 6) is 2.26. The second-order valence-corrected chi connectivity index (χ2v) is 14.6. The lowest BCUT2D eigenvalue weighted by Crippen LogP contribution is -2.63. The summed E-state index contributed by atoms with van der Waals surface area (Å²) in [5, 5.41) is 3.46. The molecule has 1 saturated heterocycles. The maximum absolute atomic E-state index is 14.0. The zero-order chi connectivity index (χ0) is 31.4. The minimum Gasteiger partial charge on any atom is -0.457 e. The standard InChI is InChI=1S/C35H54N4O4S/c1-4-6-23-39(24-7-5-2)35(34(40)36-27-29-11-9-8-10-12-29)21-25-38(26-22-35)28-30-13-17-32(18-14-30)43-33-19-15-31(16-20-33)37-44(3,41)42/h13-20,29,37H,4-12,21-28H2,1-3H3,(H,36,40). The third-order valence-electron chi connectivity index (χ3n) is 9.27. The Morgan fingerprint density at radius 3 is 2.02 bits per heavy atom. The number of benzene rings is 2. The molecule has 0 spiro atoms. The number of sulfonamides is 1. The van der Waals surface area contributed by atoms with Crippen molar-refractivity contribution in [2.75, 3.05) is 43.7 Å². The molecule has 0 radical (unpaired) electrons. The smallest absolute Gasteiger partial charge is 0.240 e. The first-order chi connectivity index (χ1) is 21.2. The molecule has 0 atom stereocenters. The number of likely N-dealkylation sites (tertiary alicyclic amines) is 1. The first kappa shape index (κ1) is 34.3. The van der Waals surface area contributed by atoms with Crippen LogP contribution in [0.2, 0.25) is 0 Å². The topological polar surface area (TPSA) is 91.0 Å². The number of carbonyl (C=O) groups excluding carboxylic acids is 1. The van der Waals surface area contributed by atoms with Gasteiger partial charge < -0.3 is 10.1 Å². The largest absolute Gasteiger partial charge is 0.457 e. The van der Waals surface area contributed by atoms with E-state index in [0.29, 0.717) is 17.4 Å². The van der Waals surface area contributed by atoms with Crippen LogP contribution in [0.3, 0.4) is 0 Å². The van der Waals surface area contributed by atoms with Gasteiger partial charge in [0.2, 0.25) is 15.9 Å². The van der Waals surface area contributed by atoms with Gasteiger partial charge in [0.25, 0.3) is 0 Å². The molecular formula is C35H54N4O4S. The fraction of sp³-hybridized carbons (Fsp3) is 0.629. The summed E-state index contributed by atoms with van der Waals surface area (Å²) in [7, 11) is -3.31. The minimum atomic E-state index is -3.31. The highest BCUT2D eigenvalue weighted by Gasteiger charge is 2.45. The lowest BCUT2D eigenvalue weighted by molar-refractivity contribution is -0.138. The lowest BCUT2D eigenvalue weighted by atomic mass is 9.83. The number of hydrogen-bond donors (Lipinski definition) is 2. The van der Waals surface area contributed by atoms with Gasteiger partial charge in [0, 0.05) is 31.9 Å². The number of nitrogens with one attached hydrogen (secondary N) is 2. The SMILES string of the molecule is CCCCN(CCCC)C1(C(=O)NCC2CCCCC2)CCN(Cc2ccc(Oc3ccc(NS(C)(=O)=O)cc3)cc2)CC1. The van der Waals surface area contributed by atoms with E-state index in [4.69, 9.17) is 4.74 Å². The Balaban J connectivity index is 1.36. The number of anilines is 1. The van der Waals surface area contributed by atoms with Gasteiger partial charge in [-0.2, -0.15) is 0 Å². The van der Waals surface area contributed by atoms with E-state index >= 15 is 0 Å². The predicted molar refractivity (Wildman–Crippen MR) is 180 cm³/mol. The number of unbranched alkanes of at least 4 members (excludes halogenated alkanes) is 2. The maximum Gasteiger partial charge on any atom is 0.240 e. The summed E-state index contributed by atoms with van der Waals surface area (Å²) in [6.07, 6.45) is 13.8. The Kier molecular flexibility index (Phi) is 12.9. The molecule has 44 heavy (non-hydrogen) atoms. The summed E-state index contributed by atoms with van der Waals surface area (Å²) in [5.41, 5.74) is 1.30. The molecule has 1 saturated carbocycles. The van der Waals surface area contributed by atoms with Crippen LogP contribution in [-0.4, -0.2) is 68.6 Å². The molecule has 1 aliphatic carbocycles. The van der Waals surface area contributed by atoms with E-state index in [9.17, 15) is 13.2 Å². The molecule has 0 unspecified atom stereocenters. The Bertz CT molecular complexity index is 1240. The molecule has 1 heterocycles. The molecule has 2 fully saturated rings. The van der Waals surface area contributed by atoms with Crippen molar-refractivity contribution < 1.29 is 17.9 Å². The second kappa shape index (κ2) is 16.6. The van der Waals surface area contributed by atoms with E-state index < -0.39 is 15.6 Å². The van der Waals surface area contributed by atoms with Gasteiger partial charge >= 0.3 is 0 Å². The first-order valence-corrected chi connectivity index (χ1v) is 18.7. The van der Waals surface area contributed by atoms with Gasteiger partial charge in [-0.25, -0.2) is 8.42 Å². The molecule has 8 nitrogen and oxygen atoms in total. The van der Waals surface area contributed by atoms with Crippen molar-refractivity contribution >= 4 is 21.6 Å². The Labute approximate surface area is 266 Å². The van der Waals surface area contributed by atoms with Gasteiger partial charge in [0.15, 0.2) is 0 Å². The highest BCUT2D eigenvalue weighted by Crippen LogP contribution is 2.32. The highest BCUT2D eigenvalue weighted by atomic mass is 32.2. The third kappa shape index (κ3) is 10.2. The molecule has 2 N–H and O–H groups in total. The van der Waals surface area contributed by atoms with Crippen molar-refractivity contribution in [1.29, 1.82) is 0 Å². The molecule has 244 valence electrons.